The Morgan fingerprint density at radius 3 is 0.531 bits per heavy atom. The molecule has 0 atom stereocenters. The molecule has 2 aliphatic carbocycles. The molecule has 4 fully saturated rings. The molecule has 1 radical (unpaired) electrons. The van der Waals surface area contributed by atoms with E-state index in [1.807, 2.05) is 0 Å². The summed E-state index contributed by atoms with van der Waals surface area (Å²) in [5.74, 6) is 0. The van der Waals surface area contributed by atoms with Crippen molar-refractivity contribution in [2.24, 2.45) is 0 Å². The Hall–Kier alpha value is 0.101. The van der Waals surface area contributed by atoms with Crippen LogP contribution in [-0.4, -0.2) is 26.4 Å². The number of rotatable bonds is 0. The van der Waals surface area contributed by atoms with Gasteiger partial charge in [-0.05, 0) is 25.7 Å². The average molecular weight is 533 g/mol. The molecule has 0 N–H and O–H groups in total. The van der Waals surface area contributed by atoms with E-state index in [-0.39, 0.29) is 53.3 Å². The van der Waals surface area contributed by atoms with Crippen LogP contribution in [-0.2, 0) is 66.6 Å². The Morgan fingerprint density at radius 1 is 0.344 bits per heavy atom. The molecule has 32 heavy (non-hydrogen) atoms. The summed E-state index contributed by atoms with van der Waals surface area (Å²) in [6.45, 7) is 22.0. The van der Waals surface area contributed by atoms with Crippen LogP contribution in [0.1, 0.15) is 89.9 Å². The van der Waals surface area contributed by atoms with E-state index in [0.717, 1.165) is 26.4 Å². The molecule has 2 saturated carbocycles. The molecule has 0 aromatic heterocycles. The molecule has 0 bridgehead atoms. The quantitative estimate of drug-likeness (QED) is 0.209. The van der Waals surface area contributed by atoms with Crippen molar-refractivity contribution in [3.8, 4) is 0 Å². The number of ether oxygens (including phenoxy) is 2. The summed E-state index contributed by atoms with van der Waals surface area (Å²) >= 11 is 0. The third-order valence-corrected chi connectivity index (χ3v) is 4.15. The van der Waals surface area contributed by atoms with Crippen LogP contribution in [0.4, 0.5) is 0 Å². The summed E-state index contributed by atoms with van der Waals surface area (Å²) in [5.41, 5.74) is 0. The van der Waals surface area contributed by atoms with Gasteiger partial charge in [-0.15, -0.1) is 0 Å². The van der Waals surface area contributed by atoms with Gasteiger partial charge >= 0.3 is 66.9 Å². The SMILES string of the molecule is C1CCCC1.C1CCCC1.C1CCOC1.C1CCOC1.[C-]#[O+].[C-]#[O+].[C-]#[O+].[C-]#[O+].[CH3-].[CH3-].[Co].[Ti+2]. The van der Waals surface area contributed by atoms with Crippen LogP contribution in [0.25, 0.3) is 0 Å². The van der Waals surface area contributed by atoms with Crippen LogP contribution in [0.15, 0.2) is 0 Å². The first-order chi connectivity index (χ1) is 14.0. The monoisotopic (exact) mass is 533 g/mol. The first-order valence-electron chi connectivity index (χ1n) is 9.97. The van der Waals surface area contributed by atoms with Crippen LogP contribution in [0.3, 0.4) is 0 Å². The molecule has 0 amide bonds. The summed E-state index contributed by atoms with van der Waals surface area (Å²) in [6.07, 6.45) is 20.1. The van der Waals surface area contributed by atoms with E-state index in [4.69, 9.17) is 28.1 Å². The second-order valence-electron chi connectivity index (χ2n) is 6.17. The van der Waals surface area contributed by atoms with E-state index in [9.17, 15) is 0 Å². The summed E-state index contributed by atoms with van der Waals surface area (Å²) in [5, 5.41) is 0. The number of hydrogen-bond donors (Lipinski definition) is 0. The fourth-order valence-corrected chi connectivity index (χ4v) is 2.79. The minimum Gasteiger partial charge on any atom is -0.358 e. The molecule has 2 aliphatic heterocycles. The normalized spacial score (nSPS) is 15.2. The average Bonchev–Trinajstić information content (AvgIpc) is 3.66. The van der Waals surface area contributed by atoms with Gasteiger partial charge in [-0.1, -0.05) is 64.2 Å². The minimum absolute atomic E-state index is 0. The van der Waals surface area contributed by atoms with Gasteiger partial charge in [0.15, 0.2) is 0 Å². The standard InChI is InChI=1S/2C5H10.2C4H8O.4CO.2CH3.Co.Ti/c4*1-2-4-5-3-1;4*1-2;;;;/h2*1-5H2;2*1-4H2;;;;;2*1H3;;/q;;;;;;;;2*-1;;+2. The Morgan fingerprint density at radius 2 is 0.469 bits per heavy atom. The molecular weight excluding hydrogens is 491 g/mol. The Labute approximate surface area is 223 Å². The van der Waals surface area contributed by atoms with Crippen LogP contribution < -0.4 is 0 Å². The first-order valence-corrected chi connectivity index (χ1v) is 9.97. The molecule has 4 rings (SSSR count). The molecule has 0 aromatic rings. The molecule has 0 unspecified atom stereocenters. The van der Waals surface area contributed by atoms with E-state index in [0.29, 0.717) is 0 Å². The van der Waals surface area contributed by atoms with E-state index in [2.05, 4.69) is 26.6 Å². The summed E-state index contributed by atoms with van der Waals surface area (Å²) < 4.78 is 39.9. The van der Waals surface area contributed by atoms with Gasteiger partial charge in [0, 0.05) is 43.2 Å². The Kier molecular flexibility index (Phi) is 117. The fourth-order valence-electron chi connectivity index (χ4n) is 2.79. The van der Waals surface area contributed by atoms with Crippen molar-refractivity contribution in [1.82, 2.24) is 0 Å². The van der Waals surface area contributed by atoms with Gasteiger partial charge in [-0.25, -0.2) is 0 Å². The second kappa shape index (κ2) is 69.7. The first kappa shape index (κ1) is 53.5. The zero-order valence-electron chi connectivity index (χ0n) is 20.0. The topological polar surface area (TPSA) is 98.1 Å². The smallest absolute Gasteiger partial charge is 0.358 e. The van der Waals surface area contributed by atoms with E-state index in [1.54, 1.807) is 0 Å². The minimum atomic E-state index is 0. The number of hydrogen-bond acceptors (Lipinski definition) is 2. The van der Waals surface area contributed by atoms with Crippen molar-refractivity contribution in [2.75, 3.05) is 26.4 Å². The third-order valence-electron chi connectivity index (χ3n) is 4.15. The van der Waals surface area contributed by atoms with Gasteiger partial charge in [0.25, 0.3) is 0 Å². The molecule has 4 aliphatic rings. The molecule has 0 aromatic carbocycles. The predicted molar refractivity (Wildman–Crippen MR) is 115 cm³/mol. The van der Waals surface area contributed by atoms with Crippen molar-refractivity contribution in [1.29, 1.82) is 0 Å². The van der Waals surface area contributed by atoms with Crippen molar-refractivity contribution in [3.05, 3.63) is 41.5 Å². The van der Waals surface area contributed by atoms with Gasteiger partial charge in [-0.2, -0.15) is 0 Å². The van der Waals surface area contributed by atoms with E-state index in [1.165, 1.54) is 89.9 Å². The third kappa shape index (κ3) is 63.1. The van der Waals surface area contributed by atoms with Crippen LogP contribution >= 0.6 is 0 Å². The molecule has 6 nitrogen and oxygen atoms in total. The summed E-state index contributed by atoms with van der Waals surface area (Å²) in [4.78, 5) is 0. The maximum atomic E-state index is 7.50. The van der Waals surface area contributed by atoms with Crippen LogP contribution in [0.5, 0.6) is 0 Å². The van der Waals surface area contributed by atoms with Gasteiger partial charge < -0.3 is 24.3 Å². The molecule has 2 saturated heterocycles. The largest absolute Gasteiger partial charge is 2.00 e. The molecule has 187 valence electrons. The Balaban J connectivity index is -0.0000000350. The zero-order chi connectivity index (χ0) is 22.1. The summed E-state index contributed by atoms with van der Waals surface area (Å²) in [6, 6.07) is 0. The van der Waals surface area contributed by atoms with Crippen molar-refractivity contribution in [3.63, 3.8) is 0 Å². The van der Waals surface area contributed by atoms with Crippen molar-refractivity contribution >= 4 is 0 Å². The van der Waals surface area contributed by atoms with Gasteiger partial charge in [0.1, 0.15) is 0 Å². The zero-order valence-corrected chi connectivity index (χ0v) is 22.6. The maximum absolute atomic E-state index is 7.50. The predicted octanol–water partition coefficient (Wildman–Crippen LogP) is 6.24. The van der Waals surface area contributed by atoms with Crippen LogP contribution in [0, 0.1) is 41.5 Å². The van der Waals surface area contributed by atoms with Gasteiger partial charge in [0.2, 0.25) is 0 Å². The second-order valence-corrected chi connectivity index (χ2v) is 6.17. The van der Waals surface area contributed by atoms with E-state index >= 15 is 0 Å². The van der Waals surface area contributed by atoms with Crippen molar-refractivity contribution in [2.45, 2.75) is 89.9 Å². The van der Waals surface area contributed by atoms with Gasteiger partial charge in [0.05, 0.1) is 0 Å². The van der Waals surface area contributed by atoms with E-state index < -0.39 is 0 Å². The van der Waals surface area contributed by atoms with Crippen LogP contribution in [0.2, 0.25) is 0 Å². The fraction of sp³-hybridized carbons (Fsp3) is 0.750. The maximum Gasteiger partial charge on any atom is 2.00 e. The molecule has 8 heteroatoms. The molecular formula is C24H42CoO6Ti. The molecule has 0 spiro atoms. The molecule has 2 heterocycles. The van der Waals surface area contributed by atoms with Gasteiger partial charge in [-0.3, -0.25) is 0 Å². The van der Waals surface area contributed by atoms with Crippen molar-refractivity contribution < 1.29 is 66.6 Å². The Bertz CT molecular complexity index is 225. The summed E-state index contributed by atoms with van der Waals surface area (Å²) in [7, 11) is 0.